The second-order valence-corrected chi connectivity index (χ2v) is 8.17. The van der Waals surface area contributed by atoms with Crippen LogP contribution in [0.15, 0.2) is 78.9 Å². The fraction of sp³-hybridized carbons (Fsp3) is 0.192. The molecule has 8 nitrogen and oxygen atoms in total. The van der Waals surface area contributed by atoms with E-state index in [0.717, 1.165) is 10.5 Å². The number of nitrogens with one attached hydrogen (secondary N) is 2. The molecule has 2 aliphatic rings. The van der Waals surface area contributed by atoms with Gasteiger partial charge in [0, 0.05) is 17.7 Å². The Morgan fingerprint density at radius 1 is 1.00 bits per heavy atom. The third-order valence-electron chi connectivity index (χ3n) is 5.95. The summed E-state index contributed by atoms with van der Waals surface area (Å²) in [5, 5.41) is 5.52. The molecule has 0 saturated carbocycles. The molecular weight excluding hydrogens is 434 g/mol. The largest absolute Gasteiger partial charge is 0.493 e. The molecule has 172 valence electrons. The van der Waals surface area contributed by atoms with Gasteiger partial charge in [-0.05, 0) is 35.9 Å². The van der Waals surface area contributed by atoms with Crippen LogP contribution in [0.5, 0.6) is 11.5 Å². The van der Waals surface area contributed by atoms with Crippen molar-refractivity contribution in [3.63, 3.8) is 0 Å². The fourth-order valence-corrected chi connectivity index (χ4v) is 4.24. The van der Waals surface area contributed by atoms with Crippen molar-refractivity contribution < 1.29 is 23.9 Å². The monoisotopic (exact) mass is 457 g/mol. The van der Waals surface area contributed by atoms with Crippen molar-refractivity contribution in [2.75, 3.05) is 18.5 Å². The normalized spacial score (nSPS) is 18.8. The predicted octanol–water partition coefficient (Wildman–Crippen LogP) is 3.43. The van der Waals surface area contributed by atoms with Gasteiger partial charge in [-0.15, -0.1) is 0 Å². The number of para-hydroxylation sites is 1. The number of nitrogens with zero attached hydrogens (tertiary/aromatic N) is 1. The number of fused-ring (bicyclic) bond motifs is 2. The van der Waals surface area contributed by atoms with Crippen molar-refractivity contribution in [3.05, 3.63) is 90.0 Å². The van der Waals surface area contributed by atoms with Crippen molar-refractivity contribution in [2.24, 2.45) is 0 Å². The highest BCUT2D eigenvalue weighted by molar-refractivity contribution is 6.10. The second-order valence-electron chi connectivity index (χ2n) is 8.17. The van der Waals surface area contributed by atoms with Crippen LogP contribution in [0.3, 0.4) is 0 Å². The smallest absolute Gasteiger partial charge is 0.325 e. The van der Waals surface area contributed by atoms with Gasteiger partial charge in [-0.25, -0.2) is 4.79 Å². The number of urea groups is 1. The highest BCUT2D eigenvalue weighted by atomic mass is 16.5. The van der Waals surface area contributed by atoms with Gasteiger partial charge in [0.1, 0.15) is 24.7 Å². The highest BCUT2D eigenvalue weighted by Crippen LogP contribution is 2.40. The molecule has 1 saturated heterocycles. The molecule has 3 aromatic carbocycles. The molecule has 8 heteroatoms. The van der Waals surface area contributed by atoms with Crippen LogP contribution in [0, 0.1) is 0 Å². The van der Waals surface area contributed by atoms with E-state index in [9.17, 15) is 14.4 Å². The average molecular weight is 457 g/mol. The van der Waals surface area contributed by atoms with E-state index in [1.807, 2.05) is 36.4 Å². The molecule has 2 N–H and O–H groups in total. The maximum Gasteiger partial charge on any atom is 0.325 e. The van der Waals surface area contributed by atoms with E-state index in [1.54, 1.807) is 42.5 Å². The van der Waals surface area contributed by atoms with E-state index in [2.05, 4.69) is 10.6 Å². The van der Waals surface area contributed by atoms with Crippen LogP contribution in [0.2, 0.25) is 0 Å². The molecule has 2 heterocycles. The minimum absolute atomic E-state index is 0.293. The van der Waals surface area contributed by atoms with Crippen LogP contribution in [0.4, 0.5) is 10.5 Å². The van der Waals surface area contributed by atoms with E-state index in [-0.39, 0.29) is 6.54 Å². The van der Waals surface area contributed by atoms with Crippen molar-refractivity contribution in [2.45, 2.75) is 18.6 Å². The molecule has 1 atom stereocenters. The summed E-state index contributed by atoms with van der Waals surface area (Å²) in [6.45, 7) is 0.345. The lowest BCUT2D eigenvalue weighted by atomic mass is 9.84. The maximum atomic E-state index is 13.3. The summed E-state index contributed by atoms with van der Waals surface area (Å²) in [7, 11) is 0. The van der Waals surface area contributed by atoms with E-state index >= 15 is 0 Å². The third kappa shape index (κ3) is 4.05. The summed E-state index contributed by atoms with van der Waals surface area (Å²) in [6, 6.07) is 23.2. The zero-order chi connectivity index (χ0) is 23.5. The average Bonchev–Trinajstić information content (AvgIpc) is 3.09. The quantitative estimate of drug-likeness (QED) is 0.553. The zero-order valence-electron chi connectivity index (χ0n) is 18.3. The van der Waals surface area contributed by atoms with Crippen LogP contribution in [-0.2, 0) is 21.7 Å². The van der Waals surface area contributed by atoms with Gasteiger partial charge < -0.3 is 20.1 Å². The van der Waals surface area contributed by atoms with Gasteiger partial charge in [-0.3, -0.25) is 14.5 Å². The number of anilines is 1. The molecule has 0 unspecified atom stereocenters. The van der Waals surface area contributed by atoms with Gasteiger partial charge in [0.05, 0.1) is 6.61 Å². The molecule has 4 amide bonds. The number of imide groups is 1. The Morgan fingerprint density at radius 2 is 1.74 bits per heavy atom. The number of hydrogen-bond acceptors (Lipinski definition) is 5. The lowest BCUT2D eigenvalue weighted by Crippen LogP contribution is -2.48. The summed E-state index contributed by atoms with van der Waals surface area (Å²) in [4.78, 5) is 39.5. The van der Waals surface area contributed by atoms with E-state index < -0.39 is 23.4 Å². The summed E-state index contributed by atoms with van der Waals surface area (Å²) in [5.74, 6) is 0.297. The first-order valence-electron chi connectivity index (χ1n) is 11.0. The molecule has 0 aromatic heterocycles. The topological polar surface area (TPSA) is 97.0 Å². The number of hydrogen-bond donors (Lipinski definition) is 2. The fourth-order valence-electron chi connectivity index (χ4n) is 4.24. The third-order valence-corrected chi connectivity index (χ3v) is 5.95. The highest BCUT2D eigenvalue weighted by Gasteiger charge is 2.55. The number of amides is 4. The number of rotatable bonds is 6. The van der Waals surface area contributed by atoms with Gasteiger partial charge in [-0.1, -0.05) is 48.5 Å². The number of benzene rings is 3. The Bertz CT molecular complexity index is 1230. The Balaban J connectivity index is 1.21. The Kier molecular flexibility index (Phi) is 5.63. The predicted molar refractivity (Wildman–Crippen MR) is 124 cm³/mol. The molecule has 2 aliphatic heterocycles. The molecule has 0 radical (unpaired) electrons. The van der Waals surface area contributed by atoms with Crippen LogP contribution in [-0.4, -0.2) is 35.9 Å². The summed E-state index contributed by atoms with van der Waals surface area (Å²) >= 11 is 0. The second kappa shape index (κ2) is 8.90. The van der Waals surface area contributed by atoms with Gasteiger partial charge >= 0.3 is 6.03 Å². The van der Waals surface area contributed by atoms with Crippen LogP contribution >= 0.6 is 0 Å². The molecule has 0 aliphatic carbocycles. The maximum absolute atomic E-state index is 13.3. The summed E-state index contributed by atoms with van der Waals surface area (Å²) in [5.41, 5.74) is 0.992. The van der Waals surface area contributed by atoms with Gasteiger partial charge in [-0.2, -0.15) is 0 Å². The van der Waals surface area contributed by atoms with Crippen LogP contribution < -0.4 is 20.1 Å². The van der Waals surface area contributed by atoms with Crippen molar-refractivity contribution in [1.29, 1.82) is 0 Å². The molecular formula is C26H23N3O5. The van der Waals surface area contributed by atoms with Crippen molar-refractivity contribution in [3.8, 4) is 11.5 Å². The SMILES string of the molecule is O=C(CN1C(=O)N[C@]2(CCOc3ccccc32)C1=O)Nc1ccc(OCc2ccccc2)cc1. The van der Waals surface area contributed by atoms with Crippen LogP contribution in [0.1, 0.15) is 17.5 Å². The number of carbonyl (C=O) groups excluding carboxylic acids is 3. The van der Waals surface area contributed by atoms with E-state index in [1.165, 1.54) is 0 Å². The lowest BCUT2D eigenvalue weighted by Gasteiger charge is -2.33. The number of carbonyl (C=O) groups is 3. The summed E-state index contributed by atoms with van der Waals surface area (Å²) < 4.78 is 11.4. The first-order valence-corrected chi connectivity index (χ1v) is 11.0. The molecule has 0 bridgehead atoms. The van der Waals surface area contributed by atoms with E-state index in [4.69, 9.17) is 9.47 Å². The van der Waals surface area contributed by atoms with Crippen molar-refractivity contribution in [1.82, 2.24) is 10.2 Å². The van der Waals surface area contributed by atoms with E-state index in [0.29, 0.717) is 42.4 Å². The molecule has 34 heavy (non-hydrogen) atoms. The van der Waals surface area contributed by atoms with Crippen molar-refractivity contribution >= 4 is 23.5 Å². The molecule has 5 rings (SSSR count). The van der Waals surface area contributed by atoms with Gasteiger partial charge in [0.25, 0.3) is 5.91 Å². The zero-order valence-corrected chi connectivity index (χ0v) is 18.3. The Hall–Kier alpha value is -4.33. The Labute approximate surface area is 196 Å². The molecule has 1 fully saturated rings. The molecule has 3 aromatic rings. The Morgan fingerprint density at radius 3 is 2.53 bits per heavy atom. The first-order chi connectivity index (χ1) is 16.5. The van der Waals surface area contributed by atoms with Gasteiger partial charge in [0.15, 0.2) is 5.54 Å². The standard InChI is InChI=1S/C26H23N3O5/c30-23(27-19-10-12-20(13-11-19)34-17-18-6-2-1-3-7-18)16-29-24(31)26(28-25(29)32)14-15-33-22-9-5-4-8-21(22)26/h1-13H,14-17H2,(H,27,30)(H,28,32)/t26-/m0/s1. The minimum atomic E-state index is -1.20. The first kappa shape index (κ1) is 21.5. The number of ether oxygens (including phenoxy) is 2. The summed E-state index contributed by atoms with van der Waals surface area (Å²) in [6.07, 6.45) is 0.303. The minimum Gasteiger partial charge on any atom is -0.493 e. The van der Waals surface area contributed by atoms with Gasteiger partial charge in [0.2, 0.25) is 5.91 Å². The molecule has 1 spiro atoms. The lowest BCUT2D eigenvalue weighted by molar-refractivity contribution is -0.135. The van der Waals surface area contributed by atoms with Crippen LogP contribution in [0.25, 0.3) is 0 Å².